The summed E-state index contributed by atoms with van der Waals surface area (Å²) in [7, 11) is -2.70. The van der Waals surface area contributed by atoms with E-state index in [2.05, 4.69) is 10.3 Å². The molecule has 5 N–H and O–H groups in total. The molecule has 0 bridgehead atoms. The van der Waals surface area contributed by atoms with E-state index < -0.39 is 33.7 Å². The van der Waals surface area contributed by atoms with Gasteiger partial charge in [-0.15, -0.1) is 0 Å². The van der Waals surface area contributed by atoms with Crippen molar-refractivity contribution in [2.24, 2.45) is 5.73 Å². The van der Waals surface area contributed by atoms with Crippen molar-refractivity contribution >= 4 is 33.7 Å². The van der Waals surface area contributed by atoms with Gasteiger partial charge in [0, 0.05) is 18.3 Å². The lowest BCUT2D eigenvalue weighted by molar-refractivity contribution is -0.118. The SMILES string of the molecule is COc1ccccc1CCNC(=O)c1ccc(S(=O)(=O)NC(=O)c2ccc(C(=O)NC(=O)CN)nc2)cc1. The molecule has 0 saturated carbocycles. The van der Waals surface area contributed by atoms with Gasteiger partial charge in [0.2, 0.25) is 5.91 Å². The summed E-state index contributed by atoms with van der Waals surface area (Å²) in [5, 5.41) is 4.76. The number of para-hydroxylation sites is 1. The van der Waals surface area contributed by atoms with Crippen molar-refractivity contribution in [3.8, 4) is 5.75 Å². The molecule has 13 heteroatoms. The topological polar surface area (TPSA) is 187 Å². The first-order valence-electron chi connectivity index (χ1n) is 11.2. The fourth-order valence-electron chi connectivity index (χ4n) is 3.25. The number of hydrogen-bond acceptors (Lipinski definition) is 9. The van der Waals surface area contributed by atoms with Gasteiger partial charge in [0.25, 0.3) is 27.7 Å². The molecular formula is C25H25N5O7S. The second-order valence-electron chi connectivity index (χ2n) is 7.79. The van der Waals surface area contributed by atoms with E-state index in [4.69, 9.17) is 10.5 Å². The first-order chi connectivity index (χ1) is 18.1. The third-order valence-electron chi connectivity index (χ3n) is 5.22. The Kier molecular flexibility index (Phi) is 9.24. The number of pyridine rings is 1. The average Bonchev–Trinajstić information content (AvgIpc) is 2.93. The molecule has 4 amide bonds. The number of amides is 4. The maximum atomic E-state index is 12.6. The molecule has 3 aromatic rings. The van der Waals surface area contributed by atoms with Crippen LogP contribution in [0.25, 0.3) is 0 Å². The van der Waals surface area contributed by atoms with Crippen molar-refractivity contribution < 1.29 is 32.3 Å². The largest absolute Gasteiger partial charge is 0.496 e. The number of nitrogens with two attached hydrogens (primary N) is 1. The third-order valence-corrected chi connectivity index (χ3v) is 6.57. The van der Waals surface area contributed by atoms with Gasteiger partial charge in [0.05, 0.1) is 24.1 Å². The monoisotopic (exact) mass is 539 g/mol. The number of sulfonamides is 1. The molecule has 0 radical (unpaired) electrons. The number of nitrogens with one attached hydrogen (secondary N) is 3. The van der Waals surface area contributed by atoms with Crippen LogP contribution in [0.2, 0.25) is 0 Å². The van der Waals surface area contributed by atoms with Gasteiger partial charge in [-0.05, 0) is 54.4 Å². The van der Waals surface area contributed by atoms with Crippen LogP contribution >= 0.6 is 0 Å². The van der Waals surface area contributed by atoms with Crippen LogP contribution in [0.3, 0.4) is 0 Å². The molecule has 0 saturated heterocycles. The zero-order valence-electron chi connectivity index (χ0n) is 20.3. The zero-order chi connectivity index (χ0) is 27.7. The summed E-state index contributed by atoms with van der Waals surface area (Å²) >= 11 is 0. The highest BCUT2D eigenvalue weighted by molar-refractivity contribution is 7.90. The smallest absolute Gasteiger partial charge is 0.276 e. The van der Waals surface area contributed by atoms with Gasteiger partial charge in [-0.3, -0.25) is 29.5 Å². The van der Waals surface area contributed by atoms with Crippen molar-refractivity contribution in [2.45, 2.75) is 11.3 Å². The summed E-state index contributed by atoms with van der Waals surface area (Å²) in [6.07, 6.45) is 1.53. The van der Waals surface area contributed by atoms with Crippen molar-refractivity contribution in [3.63, 3.8) is 0 Å². The standard InChI is InChI=1S/C25H25N5O7S/c1-37-21-5-3-2-4-16(21)12-13-27-23(32)17-6-9-19(10-7-17)38(35,36)30-24(33)18-8-11-20(28-15-18)25(34)29-22(31)14-26/h2-11,15H,12-14,26H2,1H3,(H,27,32)(H,30,33)(H,29,31,34). The van der Waals surface area contributed by atoms with Crippen molar-refractivity contribution in [1.82, 2.24) is 20.3 Å². The number of methoxy groups -OCH3 is 1. The Hall–Kier alpha value is -4.62. The molecule has 198 valence electrons. The maximum absolute atomic E-state index is 12.6. The minimum absolute atomic E-state index is 0.138. The molecule has 1 aromatic heterocycles. The quantitative estimate of drug-likeness (QED) is 0.283. The molecule has 0 fully saturated rings. The summed E-state index contributed by atoms with van der Waals surface area (Å²) in [6, 6.07) is 14.8. The van der Waals surface area contributed by atoms with E-state index in [1.807, 2.05) is 34.3 Å². The third kappa shape index (κ3) is 7.21. The average molecular weight is 540 g/mol. The van der Waals surface area contributed by atoms with E-state index >= 15 is 0 Å². The lowest BCUT2D eigenvalue weighted by Gasteiger charge is -2.10. The number of carbonyl (C=O) groups is 4. The second kappa shape index (κ2) is 12.6. The maximum Gasteiger partial charge on any atom is 0.276 e. The van der Waals surface area contributed by atoms with E-state index in [-0.39, 0.29) is 28.3 Å². The van der Waals surface area contributed by atoms with Gasteiger partial charge in [-0.1, -0.05) is 18.2 Å². The predicted molar refractivity (Wildman–Crippen MR) is 136 cm³/mol. The summed E-state index contributed by atoms with van der Waals surface area (Å²) in [4.78, 5) is 51.4. The molecule has 12 nitrogen and oxygen atoms in total. The van der Waals surface area contributed by atoms with Crippen LogP contribution in [0.15, 0.2) is 71.8 Å². The van der Waals surface area contributed by atoms with Crippen LogP contribution in [-0.2, 0) is 21.2 Å². The molecule has 0 spiro atoms. The fourth-order valence-corrected chi connectivity index (χ4v) is 4.23. The Morgan fingerprint density at radius 2 is 1.58 bits per heavy atom. The molecule has 0 aliphatic carbocycles. The minimum atomic E-state index is -4.27. The zero-order valence-corrected chi connectivity index (χ0v) is 21.1. The Morgan fingerprint density at radius 1 is 0.895 bits per heavy atom. The van der Waals surface area contributed by atoms with Gasteiger partial charge < -0.3 is 15.8 Å². The molecule has 38 heavy (non-hydrogen) atoms. The second-order valence-corrected chi connectivity index (χ2v) is 9.47. The summed E-state index contributed by atoms with van der Waals surface area (Å²) in [6.45, 7) is -0.0488. The van der Waals surface area contributed by atoms with Crippen LogP contribution in [0.5, 0.6) is 5.75 Å². The van der Waals surface area contributed by atoms with Gasteiger partial charge >= 0.3 is 0 Å². The number of carbonyl (C=O) groups excluding carboxylic acids is 4. The summed E-state index contributed by atoms with van der Waals surface area (Å²) < 4.78 is 32.5. The highest BCUT2D eigenvalue weighted by Crippen LogP contribution is 2.17. The van der Waals surface area contributed by atoms with E-state index in [9.17, 15) is 27.6 Å². The van der Waals surface area contributed by atoms with E-state index in [0.717, 1.165) is 23.6 Å². The van der Waals surface area contributed by atoms with E-state index in [1.54, 1.807) is 7.11 Å². The Morgan fingerprint density at radius 3 is 2.21 bits per heavy atom. The summed E-state index contributed by atoms with van der Waals surface area (Å²) in [5.41, 5.74) is 5.99. The van der Waals surface area contributed by atoms with Crippen LogP contribution in [0.4, 0.5) is 0 Å². The van der Waals surface area contributed by atoms with E-state index in [1.165, 1.54) is 30.3 Å². The van der Waals surface area contributed by atoms with Crippen LogP contribution < -0.4 is 25.8 Å². The molecular weight excluding hydrogens is 514 g/mol. The lowest BCUT2D eigenvalue weighted by atomic mass is 10.1. The van der Waals surface area contributed by atoms with Gasteiger partial charge in [-0.25, -0.2) is 13.1 Å². The van der Waals surface area contributed by atoms with E-state index in [0.29, 0.717) is 13.0 Å². The number of nitrogens with zero attached hydrogens (tertiary/aromatic N) is 1. The van der Waals surface area contributed by atoms with Crippen molar-refractivity contribution in [3.05, 3.63) is 89.2 Å². The number of aromatic nitrogens is 1. The Balaban J connectivity index is 1.58. The molecule has 0 aliphatic rings. The molecule has 1 heterocycles. The Bertz CT molecular complexity index is 1440. The fraction of sp³-hybridized carbons (Fsp3) is 0.160. The highest BCUT2D eigenvalue weighted by atomic mass is 32.2. The first kappa shape index (κ1) is 28.0. The Labute approximate surface area is 218 Å². The number of ether oxygens (including phenoxy) is 1. The first-order valence-corrected chi connectivity index (χ1v) is 12.7. The van der Waals surface area contributed by atoms with Crippen molar-refractivity contribution in [1.29, 1.82) is 0 Å². The lowest BCUT2D eigenvalue weighted by Crippen LogP contribution is -2.36. The number of imide groups is 1. The molecule has 0 atom stereocenters. The van der Waals surface area contributed by atoms with Gasteiger partial charge in [0.1, 0.15) is 11.4 Å². The number of rotatable bonds is 10. The normalized spacial score (nSPS) is 10.8. The van der Waals surface area contributed by atoms with Gasteiger partial charge in [0.15, 0.2) is 0 Å². The number of hydrogen-bond donors (Lipinski definition) is 4. The van der Waals surface area contributed by atoms with Crippen LogP contribution in [-0.4, -0.2) is 57.2 Å². The highest BCUT2D eigenvalue weighted by Gasteiger charge is 2.20. The minimum Gasteiger partial charge on any atom is -0.496 e. The molecule has 3 rings (SSSR count). The summed E-state index contributed by atoms with van der Waals surface area (Å²) in [5.74, 6) is -2.18. The van der Waals surface area contributed by atoms with Crippen molar-refractivity contribution in [2.75, 3.05) is 20.2 Å². The molecule has 2 aromatic carbocycles. The van der Waals surface area contributed by atoms with Crippen LogP contribution in [0, 0.1) is 0 Å². The number of benzene rings is 2. The molecule has 0 unspecified atom stereocenters. The van der Waals surface area contributed by atoms with Crippen LogP contribution in [0.1, 0.15) is 36.8 Å². The molecule has 0 aliphatic heterocycles. The van der Waals surface area contributed by atoms with Gasteiger partial charge in [-0.2, -0.15) is 0 Å². The predicted octanol–water partition coefficient (Wildman–Crippen LogP) is 0.397.